The molecule has 0 saturated heterocycles. The van der Waals surface area contributed by atoms with Crippen LogP contribution in [0.2, 0.25) is 0 Å². The van der Waals surface area contributed by atoms with Crippen molar-refractivity contribution in [2.45, 2.75) is 12.8 Å². The lowest BCUT2D eigenvalue weighted by molar-refractivity contribution is 0.312. The summed E-state index contributed by atoms with van der Waals surface area (Å²) in [7, 11) is 0. The third-order valence-corrected chi connectivity index (χ3v) is 2.99. The minimum Gasteiger partial charge on any atom is -0.494 e. The number of nitriles is 2. The fraction of sp³-hybridized carbons (Fsp3) is 0.167. The van der Waals surface area contributed by atoms with Gasteiger partial charge in [0, 0.05) is 18.8 Å². The lowest BCUT2D eigenvalue weighted by Gasteiger charge is -2.05. The molecule has 0 fully saturated rings. The van der Waals surface area contributed by atoms with Crippen LogP contribution in [0.3, 0.4) is 0 Å². The Morgan fingerprint density at radius 2 is 2.09 bits per heavy atom. The van der Waals surface area contributed by atoms with Crippen LogP contribution >= 0.6 is 0 Å². The summed E-state index contributed by atoms with van der Waals surface area (Å²) in [5.74, 6) is 0.773. The van der Waals surface area contributed by atoms with E-state index in [1.165, 1.54) is 0 Å². The highest BCUT2D eigenvalue weighted by Gasteiger charge is 1.98. The highest BCUT2D eigenvalue weighted by Crippen LogP contribution is 2.17. The van der Waals surface area contributed by atoms with Gasteiger partial charge >= 0.3 is 0 Å². The first-order chi connectivity index (χ1) is 10.8. The zero-order chi connectivity index (χ0) is 15.6. The molecule has 1 aromatic carbocycles. The largest absolute Gasteiger partial charge is 0.494 e. The first-order valence-electron chi connectivity index (χ1n) is 6.95. The SMILES string of the molecule is N#CCCCOc1cccc(/C=C/c2ccncc2C#N)c1. The second kappa shape index (κ2) is 8.24. The number of pyridine rings is 1. The fourth-order valence-corrected chi connectivity index (χ4v) is 1.88. The van der Waals surface area contributed by atoms with Crippen molar-refractivity contribution in [3.63, 3.8) is 0 Å². The standard InChI is InChI=1S/C18H15N3O/c19-9-1-2-11-22-18-5-3-4-15(12-18)6-7-16-8-10-21-14-17(16)13-20/h3-8,10,12,14H,1-2,11H2/b7-6+. The molecule has 1 heterocycles. The molecule has 0 saturated carbocycles. The second-order valence-corrected chi connectivity index (χ2v) is 4.59. The molecular weight excluding hydrogens is 274 g/mol. The molecule has 0 N–H and O–H groups in total. The molecule has 0 unspecified atom stereocenters. The van der Waals surface area contributed by atoms with Crippen LogP contribution in [0.1, 0.15) is 29.5 Å². The van der Waals surface area contributed by atoms with Gasteiger partial charge in [-0.3, -0.25) is 4.98 Å². The zero-order valence-corrected chi connectivity index (χ0v) is 12.1. The van der Waals surface area contributed by atoms with Crippen molar-refractivity contribution in [3.05, 3.63) is 59.4 Å². The normalized spacial score (nSPS) is 10.1. The quantitative estimate of drug-likeness (QED) is 0.758. The number of hydrogen-bond donors (Lipinski definition) is 0. The zero-order valence-electron chi connectivity index (χ0n) is 12.1. The van der Waals surface area contributed by atoms with E-state index in [0.717, 1.165) is 23.3 Å². The lowest BCUT2D eigenvalue weighted by atomic mass is 10.1. The van der Waals surface area contributed by atoms with Crippen molar-refractivity contribution < 1.29 is 4.74 Å². The van der Waals surface area contributed by atoms with E-state index < -0.39 is 0 Å². The smallest absolute Gasteiger partial charge is 0.119 e. The summed E-state index contributed by atoms with van der Waals surface area (Å²) in [5.41, 5.74) is 2.36. The molecule has 0 aliphatic carbocycles. The van der Waals surface area contributed by atoms with Crippen molar-refractivity contribution in [2.24, 2.45) is 0 Å². The Kier molecular flexibility index (Phi) is 5.72. The summed E-state index contributed by atoms with van der Waals surface area (Å²) in [6, 6.07) is 13.7. The molecule has 0 bridgehead atoms. The van der Waals surface area contributed by atoms with Gasteiger partial charge in [-0.15, -0.1) is 0 Å². The Labute approximate surface area is 129 Å². The van der Waals surface area contributed by atoms with Crippen molar-refractivity contribution in [2.75, 3.05) is 6.61 Å². The molecule has 4 nitrogen and oxygen atoms in total. The Bertz CT molecular complexity index is 738. The number of hydrogen-bond acceptors (Lipinski definition) is 4. The van der Waals surface area contributed by atoms with Crippen molar-refractivity contribution in [1.82, 2.24) is 4.98 Å². The first kappa shape index (κ1) is 15.3. The van der Waals surface area contributed by atoms with Gasteiger partial charge in [-0.05, 0) is 35.7 Å². The average molecular weight is 289 g/mol. The van der Waals surface area contributed by atoms with Crippen molar-refractivity contribution >= 4 is 12.2 Å². The van der Waals surface area contributed by atoms with Crippen LogP contribution in [0.4, 0.5) is 0 Å². The van der Waals surface area contributed by atoms with Crippen LogP contribution < -0.4 is 4.74 Å². The van der Waals surface area contributed by atoms with Gasteiger partial charge in [-0.25, -0.2) is 0 Å². The van der Waals surface area contributed by atoms with Crippen LogP contribution in [0.15, 0.2) is 42.7 Å². The average Bonchev–Trinajstić information content (AvgIpc) is 2.57. The minimum absolute atomic E-state index is 0.499. The van der Waals surface area contributed by atoms with Crippen molar-refractivity contribution in [3.8, 4) is 17.9 Å². The Morgan fingerprint density at radius 1 is 1.18 bits per heavy atom. The summed E-state index contributed by atoms with van der Waals surface area (Å²) in [6.45, 7) is 0.531. The van der Waals surface area contributed by atoms with Crippen LogP contribution in [0, 0.1) is 22.7 Å². The highest BCUT2D eigenvalue weighted by molar-refractivity contribution is 5.72. The lowest BCUT2D eigenvalue weighted by Crippen LogP contribution is -1.96. The second-order valence-electron chi connectivity index (χ2n) is 4.59. The summed E-state index contributed by atoms with van der Waals surface area (Å²) < 4.78 is 5.60. The number of nitrogens with zero attached hydrogens (tertiary/aromatic N) is 3. The van der Waals surface area contributed by atoms with Gasteiger partial charge in [0.2, 0.25) is 0 Å². The maximum Gasteiger partial charge on any atom is 0.119 e. The van der Waals surface area contributed by atoms with E-state index in [2.05, 4.69) is 17.1 Å². The molecular formula is C18H15N3O. The van der Waals surface area contributed by atoms with Gasteiger partial charge in [-0.2, -0.15) is 10.5 Å². The number of ether oxygens (including phenoxy) is 1. The van der Waals surface area contributed by atoms with Crippen LogP contribution in [-0.4, -0.2) is 11.6 Å². The third-order valence-electron chi connectivity index (χ3n) is 2.99. The number of aromatic nitrogens is 1. The minimum atomic E-state index is 0.499. The summed E-state index contributed by atoms with van der Waals surface area (Å²) >= 11 is 0. The van der Waals surface area contributed by atoms with Gasteiger partial charge < -0.3 is 4.74 Å². The van der Waals surface area contributed by atoms with E-state index in [1.54, 1.807) is 18.5 Å². The molecule has 108 valence electrons. The maximum absolute atomic E-state index is 9.03. The van der Waals surface area contributed by atoms with E-state index in [1.807, 2.05) is 36.4 Å². The maximum atomic E-state index is 9.03. The molecule has 2 rings (SSSR count). The Morgan fingerprint density at radius 3 is 2.91 bits per heavy atom. The van der Waals surface area contributed by atoms with Gasteiger partial charge in [0.1, 0.15) is 11.8 Å². The van der Waals surface area contributed by atoms with E-state index in [4.69, 9.17) is 15.3 Å². The summed E-state index contributed by atoms with van der Waals surface area (Å²) in [6.07, 6.45) is 8.24. The van der Waals surface area contributed by atoms with Crippen LogP contribution in [0.25, 0.3) is 12.2 Å². The van der Waals surface area contributed by atoms with Crippen LogP contribution in [-0.2, 0) is 0 Å². The highest BCUT2D eigenvalue weighted by atomic mass is 16.5. The van der Waals surface area contributed by atoms with Gasteiger partial charge in [-0.1, -0.05) is 24.3 Å². The molecule has 2 aromatic rings. The molecule has 0 spiro atoms. The predicted molar refractivity (Wildman–Crippen MR) is 84.7 cm³/mol. The Balaban J connectivity index is 2.05. The first-order valence-corrected chi connectivity index (χ1v) is 6.95. The predicted octanol–water partition coefficient (Wildman–Crippen LogP) is 3.81. The molecule has 22 heavy (non-hydrogen) atoms. The van der Waals surface area contributed by atoms with Gasteiger partial charge in [0.25, 0.3) is 0 Å². The third kappa shape index (κ3) is 4.47. The van der Waals surface area contributed by atoms with Crippen LogP contribution in [0.5, 0.6) is 5.75 Å². The number of rotatable bonds is 6. The molecule has 0 radical (unpaired) electrons. The molecule has 0 atom stereocenters. The van der Waals surface area contributed by atoms with E-state index >= 15 is 0 Å². The fourth-order valence-electron chi connectivity index (χ4n) is 1.88. The number of benzene rings is 1. The molecule has 0 aliphatic rings. The molecule has 0 amide bonds. The van der Waals surface area contributed by atoms with E-state index in [0.29, 0.717) is 18.6 Å². The summed E-state index contributed by atoms with van der Waals surface area (Å²) in [4.78, 5) is 3.93. The van der Waals surface area contributed by atoms with Crippen molar-refractivity contribution in [1.29, 1.82) is 10.5 Å². The summed E-state index contributed by atoms with van der Waals surface area (Å²) in [5, 5.41) is 17.5. The molecule has 0 aliphatic heterocycles. The monoisotopic (exact) mass is 289 g/mol. The van der Waals surface area contributed by atoms with Gasteiger partial charge in [0.05, 0.1) is 18.2 Å². The topological polar surface area (TPSA) is 69.7 Å². The van der Waals surface area contributed by atoms with E-state index in [9.17, 15) is 0 Å². The number of unbranched alkanes of at least 4 members (excludes halogenated alkanes) is 1. The molecule has 4 heteroatoms. The Hall–Kier alpha value is -3.11. The van der Waals surface area contributed by atoms with E-state index in [-0.39, 0.29) is 0 Å². The van der Waals surface area contributed by atoms with Gasteiger partial charge in [0.15, 0.2) is 0 Å². The molecule has 1 aromatic heterocycles.